The van der Waals surface area contributed by atoms with Gasteiger partial charge in [-0.3, -0.25) is 0 Å². The van der Waals surface area contributed by atoms with Crippen LogP contribution in [0.3, 0.4) is 0 Å². The predicted octanol–water partition coefficient (Wildman–Crippen LogP) is 2.94. The summed E-state index contributed by atoms with van der Waals surface area (Å²) < 4.78 is 5.03. The van der Waals surface area contributed by atoms with Crippen LogP contribution in [-0.4, -0.2) is 28.8 Å². The molecule has 0 aromatic heterocycles. The smallest absolute Gasteiger partial charge is 0.408 e. The summed E-state index contributed by atoms with van der Waals surface area (Å²) in [6, 6.07) is 7.42. The third-order valence-electron chi connectivity index (χ3n) is 2.35. The average Bonchev–Trinajstić information content (AvgIpc) is 2.34. The fourth-order valence-corrected chi connectivity index (χ4v) is 1.84. The number of nitrogens with one attached hydrogen (secondary N) is 1. The molecule has 0 aliphatic carbocycles. The van der Waals surface area contributed by atoms with Crippen molar-refractivity contribution in [1.82, 2.24) is 5.32 Å². The normalized spacial score (nSPS) is 14.2. The zero-order valence-corrected chi connectivity index (χ0v) is 12.3. The van der Waals surface area contributed by atoms with E-state index in [-0.39, 0.29) is 0 Å². The summed E-state index contributed by atoms with van der Waals surface area (Å²) in [6.07, 6.45) is -0.813. The minimum Gasteiger partial charge on any atom is -0.480 e. The molecule has 1 aromatic carbocycles. The number of rotatable bonds is 4. The van der Waals surface area contributed by atoms with Crippen LogP contribution in [0, 0.1) is 0 Å². The molecule has 1 rings (SSSR count). The first-order chi connectivity index (χ1) is 9.20. The van der Waals surface area contributed by atoms with Gasteiger partial charge in [0.1, 0.15) is 11.6 Å². The standard InChI is InChI=1S/C14H18ClNO4/c1-14(2,3)20-13(19)16-11(12(17)18)10(15)9-7-5-4-6-8-9/h4-8,10-11H,1-3H3,(H,16,19)(H,17,18). The number of carboxylic acids is 1. The molecule has 110 valence electrons. The van der Waals surface area contributed by atoms with Gasteiger partial charge in [-0.1, -0.05) is 30.3 Å². The van der Waals surface area contributed by atoms with Crippen molar-refractivity contribution in [3.63, 3.8) is 0 Å². The predicted molar refractivity (Wildman–Crippen MR) is 75.8 cm³/mol. The number of hydrogen-bond acceptors (Lipinski definition) is 3. The summed E-state index contributed by atoms with van der Waals surface area (Å²) in [7, 11) is 0. The second-order valence-corrected chi connectivity index (χ2v) is 5.74. The molecule has 2 atom stereocenters. The number of benzene rings is 1. The SMILES string of the molecule is CC(C)(C)OC(=O)NC(C(=O)O)C(Cl)c1ccccc1. The Morgan fingerprint density at radius 2 is 1.80 bits per heavy atom. The zero-order chi connectivity index (χ0) is 15.3. The lowest BCUT2D eigenvalue weighted by atomic mass is 10.1. The molecule has 1 aromatic rings. The van der Waals surface area contributed by atoms with Crippen molar-refractivity contribution in [3.05, 3.63) is 35.9 Å². The Balaban J connectivity index is 2.80. The number of hydrogen-bond donors (Lipinski definition) is 2. The van der Waals surface area contributed by atoms with Gasteiger partial charge in [-0.2, -0.15) is 0 Å². The molecule has 0 heterocycles. The summed E-state index contributed by atoms with van der Waals surface area (Å²) in [4.78, 5) is 22.9. The lowest BCUT2D eigenvalue weighted by Crippen LogP contribution is -2.45. The summed E-state index contributed by atoms with van der Waals surface area (Å²) in [6.45, 7) is 5.08. The van der Waals surface area contributed by atoms with Crippen molar-refractivity contribution >= 4 is 23.7 Å². The van der Waals surface area contributed by atoms with Crippen molar-refractivity contribution in [1.29, 1.82) is 0 Å². The van der Waals surface area contributed by atoms with Crippen molar-refractivity contribution in [3.8, 4) is 0 Å². The third-order valence-corrected chi connectivity index (χ3v) is 2.85. The first-order valence-corrected chi connectivity index (χ1v) is 6.55. The Kier molecular flexibility index (Phi) is 5.39. The second-order valence-electron chi connectivity index (χ2n) is 5.27. The average molecular weight is 300 g/mol. The number of alkyl carbamates (subject to hydrolysis) is 1. The van der Waals surface area contributed by atoms with Gasteiger partial charge in [0.05, 0.1) is 5.38 Å². The van der Waals surface area contributed by atoms with Crippen molar-refractivity contribution in [2.45, 2.75) is 37.8 Å². The van der Waals surface area contributed by atoms with Crippen LogP contribution < -0.4 is 5.32 Å². The van der Waals surface area contributed by atoms with Crippen molar-refractivity contribution < 1.29 is 19.4 Å². The van der Waals surface area contributed by atoms with E-state index in [0.29, 0.717) is 5.56 Å². The molecule has 0 aliphatic heterocycles. The quantitative estimate of drug-likeness (QED) is 0.838. The van der Waals surface area contributed by atoms with Gasteiger partial charge in [-0.25, -0.2) is 9.59 Å². The van der Waals surface area contributed by atoms with E-state index < -0.39 is 29.1 Å². The molecule has 0 bridgehead atoms. The molecule has 6 heteroatoms. The zero-order valence-electron chi connectivity index (χ0n) is 11.6. The van der Waals surface area contributed by atoms with Crippen LogP contribution >= 0.6 is 11.6 Å². The highest BCUT2D eigenvalue weighted by Crippen LogP contribution is 2.24. The number of carbonyl (C=O) groups excluding carboxylic acids is 1. The molecule has 0 radical (unpaired) electrons. The molecule has 0 saturated carbocycles. The maximum absolute atomic E-state index is 11.7. The van der Waals surface area contributed by atoms with Gasteiger partial charge < -0.3 is 15.2 Å². The van der Waals surface area contributed by atoms with Gasteiger partial charge in [-0.05, 0) is 26.3 Å². The van der Waals surface area contributed by atoms with Gasteiger partial charge in [0.2, 0.25) is 0 Å². The highest BCUT2D eigenvalue weighted by atomic mass is 35.5. The molecular formula is C14H18ClNO4. The molecule has 20 heavy (non-hydrogen) atoms. The number of halogens is 1. The maximum Gasteiger partial charge on any atom is 0.408 e. The number of amides is 1. The first kappa shape index (κ1) is 16.3. The van der Waals surface area contributed by atoms with Crippen molar-refractivity contribution in [2.75, 3.05) is 0 Å². The van der Waals surface area contributed by atoms with E-state index in [0.717, 1.165) is 0 Å². The Labute approximate surface area is 122 Å². The van der Waals surface area contributed by atoms with Crippen LogP contribution in [0.2, 0.25) is 0 Å². The van der Waals surface area contributed by atoms with Crippen LogP contribution in [0.5, 0.6) is 0 Å². The molecule has 1 amide bonds. The summed E-state index contributed by atoms with van der Waals surface area (Å²) in [5.74, 6) is -1.22. The Morgan fingerprint density at radius 3 is 2.25 bits per heavy atom. The lowest BCUT2D eigenvalue weighted by molar-refractivity contribution is -0.139. The number of carboxylic acid groups (broad SMARTS) is 1. The van der Waals surface area contributed by atoms with Crippen LogP contribution in [0.25, 0.3) is 0 Å². The highest BCUT2D eigenvalue weighted by Gasteiger charge is 2.31. The van der Waals surface area contributed by atoms with E-state index >= 15 is 0 Å². The first-order valence-electron chi connectivity index (χ1n) is 6.12. The van der Waals surface area contributed by atoms with Crippen LogP contribution in [0.1, 0.15) is 31.7 Å². The fourth-order valence-electron chi connectivity index (χ4n) is 1.52. The topological polar surface area (TPSA) is 75.6 Å². The van der Waals surface area contributed by atoms with E-state index in [9.17, 15) is 14.7 Å². The van der Waals surface area contributed by atoms with E-state index in [4.69, 9.17) is 16.3 Å². The molecule has 0 fully saturated rings. The van der Waals surface area contributed by atoms with Gasteiger partial charge in [0.15, 0.2) is 0 Å². The minimum absolute atomic E-state index is 0.609. The molecule has 0 saturated heterocycles. The number of ether oxygens (including phenoxy) is 1. The van der Waals surface area contributed by atoms with Gasteiger partial charge in [0, 0.05) is 0 Å². The van der Waals surface area contributed by atoms with Gasteiger partial charge in [-0.15, -0.1) is 11.6 Å². The molecule has 0 spiro atoms. The molecular weight excluding hydrogens is 282 g/mol. The lowest BCUT2D eigenvalue weighted by Gasteiger charge is -2.24. The van der Waals surface area contributed by atoms with Crippen LogP contribution in [-0.2, 0) is 9.53 Å². The van der Waals surface area contributed by atoms with E-state index in [1.165, 1.54) is 0 Å². The Hall–Kier alpha value is -1.75. The maximum atomic E-state index is 11.7. The third kappa shape index (κ3) is 5.09. The van der Waals surface area contributed by atoms with Crippen LogP contribution in [0.4, 0.5) is 4.79 Å². The Bertz CT molecular complexity index is 470. The van der Waals surface area contributed by atoms with Crippen LogP contribution in [0.15, 0.2) is 30.3 Å². The fraction of sp³-hybridized carbons (Fsp3) is 0.429. The molecule has 0 aliphatic rings. The van der Waals surface area contributed by atoms with Gasteiger partial charge >= 0.3 is 12.1 Å². The summed E-state index contributed by atoms with van der Waals surface area (Å²) in [5.41, 5.74) is -0.0977. The Morgan fingerprint density at radius 1 is 1.25 bits per heavy atom. The molecule has 2 unspecified atom stereocenters. The molecule has 2 N–H and O–H groups in total. The van der Waals surface area contributed by atoms with E-state index in [1.54, 1.807) is 51.1 Å². The monoisotopic (exact) mass is 299 g/mol. The number of aliphatic carboxylic acids is 1. The second kappa shape index (κ2) is 6.61. The summed E-state index contributed by atoms with van der Waals surface area (Å²) in [5, 5.41) is 10.6. The van der Waals surface area contributed by atoms with E-state index in [1.807, 2.05) is 0 Å². The number of carbonyl (C=O) groups is 2. The van der Waals surface area contributed by atoms with Gasteiger partial charge in [0.25, 0.3) is 0 Å². The van der Waals surface area contributed by atoms with Crippen molar-refractivity contribution in [2.24, 2.45) is 0 Å². The largest absolute Gasteiger partial charge is 0.480 e. The molecule has 5 nitrogen and oxygen atoms in total. The van der Waals surface area contributed by atoms with E-state index in [2.05, 4.69) is 5.32 Å². The highest BCUT2D eigenvalue weighted by molar-refractivity contribution is 6.22. The summed E-state index contributed by atoms with van der Waals surface area (Å²) >= 11 is 6.13. The number of alkyl halides is 1. The minimum atomic E-state index is -1.27.